The Kier molecular flexibility index (Phi) is 4.99. The quantitative estimate of drug-likeness (QED) is 0.563. The highest BCUT2D eigenvalue weighted by Gasteiger charge is 2.16. The second kappa shape index (κ2) is 7.75. The number of hydrogen-bond donors (Lipinski definition) is 1. The molecule has 0 radical (unpaired) electrons. The average Bonchev–Trinajstić information content (AvgIpc) is 3.08. The van der Waals surface area contributed by atoms with Gasteiger partial charge >= 0.3 is 0 Å². The van der Waals surface area contributed by atoms with Crippen molar-refractivity contribution in [3.63, 3.8) is 0 Å². The van der Waals surface area contributed by atoms with Crippen molar-refractivity contribution >= 4 is 17.1 Å². The van der Waals surface area contributed by atoms with Crippen LogP contribution in [0.3, 0.4) is 0 Å². The van der Waals surface area contributed by atoms with Gasteiger partial charge in [0.2, 0.25) is 0 Å². The molecule has 6 nitrogen and oxygen atoms in total. The van der Waals surface area contributed by atoms with Gasteiger partial charge in [-0.15, -0.1) is 0 Å². The summed E-state index contributed by atoms with van der Waals surface area (Å²) in [5.74, 6) is 1.51. The van der Waals surface area contributed by atoms with E-state index in [0.717, 1.165) is 39.6 Å². The van der Waals surface area contributed by atoms with Gasteiger partial charge in [-0.05, 0) is 61.4 Å². The fraction of sp³-hybridized carbons (Fsp3) is 0.174. The van der Waals surface area contributed by atoms with Crippen LogP contribution in [-0.2, 0) is 6.54 Å². The molecule has 146 valence electrons. The summed E-state index contributed by atoms with van der Waals surface area (Å²) in [7, 11) is 1.63. The minimum Gasteiger partial charge on any atom is -0.497 e. The third-order valence-corrected chi connectivity index (χ3v) is 4.99. The van der Waals surface area contributed by atoms with Crippen molar-refractivity contribution in [3.8, 4) is 11.4 Å². The zero-order valence-corrected chi connectivity index (χ0v) is 16.6. The van der Waals surface area contributed by atoms with E-state index in [2.05, 4.69) is 15.3 Å². The van der Waals surface area contributed by atoms with Crippen molar-refractivity contribution in [3.05, 3.63) is 83.3 Å². The summed E-state index contributed by atoms with van der Waals surface area (Å²) < 4.78 is 7.16. The summed E-state index contributed by atoms with van der Waals surface area (Å²) in [5, 5.41) is 3.00. The minimum atomic E-state index is -0.116. The standard InChI is InChI=1S/C23H22N4O2/c1-15-19(23(28)25-14-17-9-11-18(29-3)12-10-17)6-4-8-21(15)27-16(2)26-20-7-5-13-24-22(20)27/h4-13H,14H2,1-3H3,(H,25,28). The monoisotopic (exact) mass is 386 g/mol. The van der Waals surface area contributed by atoms with Gasteiger partial charge in [0.05, 0.1) is 12.8 Å². The van der Waals surface area contributed by atoms with Gasteiger partial charge in [-0.1, -0.05) is 18.2 Å². The van der Waals surface area contributed by atoms with E-state index in [1.165, 1.54) is 0 Å². The number of nitrogens with zero attached hydrogens (tertiary/aromatic N) is 3. The van der Waals surface area contributed by atoms with Crippen LogP contribution in [0, 0.1) is 13.8 Å². The van der Waals surface area contributed by atoms with Crippen molar-refractivity contribution < 1.29 is 9.53 Å². The number of pyridine rings is 1. The molecule has 0 aliphatic heterocycles. The molecule has 0 unspecified atom stereocenters. The largest absolute Gasteiger partial charge is 0.497 e. The smallest absolute Gasteiger partial charge is 0.251 e. The molecule has 0 spiro atoms. The molecule has 2 heterocycles. The molecule has 4 rings (SSSR count). The van der Waals surface area contributed by atoms with Gasteiger partial charge in [0.25, 0.3) is 5.91 Å². The summed E-state index contributed by atoms with van der Waals surface area (Å²) in [5.41, 5.74) is 5.04. The summed E-state index contributed by atoms with van der Waals surface area (Å²) in [6.45, 7) is 4.34. The maximum Gasteiger partial charge on any atom is 0.251 e. The normalized spacial score (nSPS) is 10.9. The lowest BCUT2D eigenvalue weighted by Gasteiger charge is -2.14. The maximum absolute atomic E-state index is 12.9. The van der Waals surface area contributed by atoms with Crippen LogP contribution < -0.4 is 10.1 Å². The summed E-state index contributed by atoms with van der Waals surface area (Å²) in [4.78, 5) is 21.9. The van der Waals surface area contributed by atoms with Crippen LogP contribution in [0.2, 0.25) is 0 Å². The molecule has 1 amide bonds. The Balaban J connectivity index is 1.62. The molecule has 4 aromatic rings. The fourth-order valence-corrected chi connectivity index (χ4v) is 3.45. The Labute approximate surface area is 169 Å². The number of methoxy groups -OCH3 is 1. The second-order valence-corrected chi connectivity index (χ2v) is 6.82. The molecule has 1 N–H and O–H groups in total. The van der Waals surface area contributed by atoms with Gasteiger partial charge < -0.3 is 10.1 Å². The fourth-order valence-electron chi connectivity index (χ4n) is 3.45. The van der Waals surface area contributed by atoms with E-state index in [1.807, 2.05) is 73.0 Å². The number of aryl methyl sites for hydroxylation is 1. The van der Waals surface area contributed by atoms with E-state index in [0.29, 0.717) is 12.1 Å². The minimum absolute atomic E-state index is 0.116. The number of amides is 1. The average molecular weight is 386 g/mol. The Bertz CT molecular complexity index is 1180. The topological polar surface area (TPSA) is 69.0 Å². The van der Waals surface area contributed by atoms with Crippen molar-refractivity contribution in [1.82, 2.24) is 19.9 Å². The van der Waals surface area contributed by atoms with Crippen molar-refractivity contribution in [2.45, 2.75) is 20.4 Å². The van der Waals surface area contributed by atoms with Crippen LogP contribution >= 0.6 is 0 Å². The summed E-state index contributed by atoms with van der Waals surface area (Å²) in [6, 6.07) is 17.2. The molecule has 0 fully saturated rings. The zero-order valence-electron chi connectivity index (χ0n) is 16.6. The van der Waals surface area contributed by atoms with Crippen LogP contribution in [0.1, 0.15) is 27.3 Å². The zero-order chi connectivity index (χ0) is 20.4. The first-order chi connectivity index (χ1) is 14.1. The summed E-state index contributed by atoms with van der Waals surface area (Å²) in [6.07, 6.45) is 1.75. The molecule has 0 aliphatic carbocycles. The highest BCUT2D eigenvalue weighted by molar-refractivity contribution is 5.96. The number of ether oxygens (including phenoxy) is 1. The number of benzene rings is 2. The molecule has 0 saturated heterocycles. The Morgan fingerprint density at radius 3 is 2.62 bits per heavy atom. The number of hydrogen-bond acceptors (Lipinski definition) is 4. The molecule has 0 atom stereocenters. The Morgan fingerprint density at radius 2 is 1.86 bits per heavy atom. The number of rotatable bonds is 5. The summed E-state index contributed by atoms with van der Waals surface area (Å²) >= 11 is 0. The molecule has 29 heavy (non-hydrogen) atoms. The van der Waals surface area contributed by atoms with Crippen LogP contribution in [0.25, 0.3) is 16.9 Å². The molecule has 2 aromatic carbocycles. The first-order valence-electron chi connectivity index (χ1n) is 9.39. The number of fused-ring (bicyclic) bond motifs is 1. The van der Waals surface area contributed by atoms with Gasteiger partial charge in [0.1, 0.15) is 17.1 Å². The molecule has 6 heteroatoms. The molecular weight excluding hydrogens is 364 g/mol. The number of aromatic nitrogens is 3. The lowest BCUT2D eigenvalue weighted by Crippen LogP contribution is -2.24. The van der Waals surface area contributed by atoms with Crippen molar-refractivity contribution in [2.24, 2.45) is 0 Å². The van der Waals surface area contributed by atoms with E-state index in [-0.39, 0.29) is 5.91 Å². The highest BCUT2D eigenvalue weighted by atomic mass is 16.5. The Morgan fingerprint density at radius 1 is 1.07 bits per heavy atom. The first kappa shape index (κ1) is 18.7. The van der Waals surface area contributed by atoms with Crippen molar-refractivity contribution in [2.75, 3.05) is 7.11 Å². The van der Waals surface area contributed by atoms with E-state index in [1.54, 1.807) is 13.3 Å². The van der Waals surface area contributed by atoms with Gasteiger partial charge in [0.15, 0.2) is 5.65 Å². The Hall–Kier alpha value is -3.67. The molecule has 0 aliphatic rings. The number of nitrogens with one attached hydrogen (secondary N) is 1. The number of carbonyl (C=O) groups is 1. The van der Waals surface area contributed by atoms with Crippen LogP contribution in [0.4, 0.5) is 0 Å². The molecule has 0 bridgehead atoms. The third-order valence-electron chi connectivity index (χ3n) is 4.99. The third kappa shape index (κ3) is 3.57. The predicted molar refractivity (Wildman–Crippen MR) is 113 cm³/mol. The van der Waals surface area contributed by atoms with E-state index in [4.69, 9.17) is 4.74 Å². The van der Waals surface area contributed by atoms with Gasteiger partial charge in [-0.25, -0.2) is 9.97 Å². The van der Waals surface area contributed by atoms with Crippen LogP contribution in [-0.4, -0.2) is 27.6 Å². The van der Waals surface area contributed by atoms with Crippen LogP contribution in [0.5, 0.6) is 5.75 Å². The molecule has 0 saturated carbocycles. The SMILES string of the molecule is COc1ccc(CNC(=O)c2cccc(-n3c(C)nc4cccnc43)c2C)cc1. The highest BCUT2D eigenvalue weighted by Crippen LogP contribution is 2.24. The molecular formula is C23H22N4O2. The lowest BCUT2D eigenvalue weighted by atomic mass is 10.1. The van der Waals surface area contributed by atoms with Crippen molar-refractivity contribution in [1.29, 1.82) is 0 Å². The van der Waals surface area contributed by atoms with Gasteiger partial charge in [-0.3, -0.25) is 9.36 Å². The maximum atomic E-state index is 12.9. The number of imidazole rings is 1. The van der Waals surface area contributed by atoms with E-state index < -0.39 is 0 Å². The first-order valence-corrected chi connectivity index (χ1v) is 9.39. The van der Waals surface area contributed by atoms with Crippen LogP contribution in [0.15, 0.2) is 60.8 Å². The number of carbonyl (C=O) groups excluding carboxylic acids is 1. The lowest BCUT2D eigenvalue weighted by molar-refractivity contribution is 0.0950. The van der Waals surface area contributed by atoms with Gasteiger partial charge in [-0.2, -0.15) is 0 Å². The molecule has 2 aromatic heterocycles. The predicted octanol–water partition coefficient (Wildman–Crippen LogP) is 3.98. The van der Waals surface area contributed by atoms with E-state index in [9.17, 15) is 4.79 Å². The van der Waals surface area contributed by atoms with E-state index >= 15 is 0 Å². The van der Waals surface area contributed by atoms with Gasteiger partial charge in [0, 0.05) is 18.3 Å². The second-order valence-electron chi connectivity index (χ2n) is 6.82.